The molecule has 1 aromatic heterocycles. The fourth-order valence-corrected chi connectivity index (χ4v) is 5.45. The van der Waals surface area contributed by atoms with Gasteiger partial charge in [-0.05, 0) is 24.0 Å². The lowest BCUT2D eigenvalue weighted by molar-refractivity contribution is -0.130. The van der Waals surface area contributed by atoms with Gasteiger partial charge in [0, 0.05) is 25.6 Å². The third-order valence-corrected chi connectivity index (χ3v) is 7.05. The number of hydrogen-bond donors (Lipinski definition) is 1. The molecule has 2 saturated heterocycles. The first-order valence-corrected chi connectivity index (χ1v) is 10.1. The second kappa shape index (κ2) is 6.43. The number of nitrogens with one attached hydrogen (secondary N) is 1. The number of likely N-dealkylation sites (tertiary alicyclic amines) is 1. The van der Waals surface area contributed by atoms with E-state index in [0.29, 0.717) is 17.9 Å². The van der Waals surface area contributed by atoms with Gasteiger partial charge in [0.25, 0.3) is 0 Å². The number of aromatic nitrogens is 1. The number of nitrogens with zero attached hydrogens (tertiary/aromatic N) is 4. The number of fused-ring (bicyclic) bond motifs is 2. The predicted octanol–water partition coefficient (Wildman–Crippen LogP) is 1.78. The lowest BCUT2D eigenvalue weighted by Crippen LogP contribution is -2.42. The summed E-state index contributed by atoms with van der Waals surface area (Å²) in [4.78, 5) is 20.8. The molecule has 0 bridgehead atoms. The van der Waals surface area contributed by atoms with Crippen molar-refractivity contribution in [2.75, 3.05) is 31.1 Å². The van der Waals surface area contributed by atoms with Gasteiger partial charge in [0.1, 0.15) is 12.2 Å². The molecule has 8 heteroatoms. The number of hydrogen-bond acceptors (Lipinski definition) is 6. The summed E-state index contributed by atoms with van der Waals surface area (Å²) in [5.74, 6) is 0.892. The summed E-state index contributed by atoms with van der Waals surface area (Å²) in [7, 11) is 0. The minimum atomic E-state index is -1.08. The van der Waals surface area contributed by atoms with Crippen LogP contribution in [0.4, 0.5) is 9.52 Å². The second-order valence-corrected chi connectivity index (χ2v) is 8.64. The van der Waals surface area contributed by atoms with Crippen LogP contribution in [0.1, 0.15) is 6.42 Å². The maximum absolute atomic E-state index is 13.5. The van der Waals surface area contributed by atoms with Gasteiger partial charge < -0.3 is 15.1 Å². The number of halogens is 1. The fourth-order valence-electron chi connectivity index (χ4n) is 4.47. The monoisotopic (exact) mass is 385 g/mol. The number of rotatable bonds is 4. The topological polar surface area (TPSA) is 72.3 Å². The predicted molar refractivity (Wildman–Crippen MR) is 101 cm³/mol. The number of nitriles is 1. The van der Waals surface area contributed by atoms with Crippen molar-refractivity contribution >= 4 is 32.6 Å². The number of anilines is 1. The van der Waals surface area contributed by atoms with Crippen molar-refractivity contribution in [2.24, 2.45) is 11.8 Å². The van der Waals surface area contributed by atoms with E-state index in [4.69, 9.17) is 10.2 Å². The molecule has 3 heterocycles. The van der Waals surface area contributed by atoms with Gasteiger partial charge in [0.05, 0.1) is 29.4 Å². The number of alkyl halides is 1. The molecule has 1 aliphatic carbocycles. The van der Waals surface area contributed by atoms with E-state index in [1.807, 2.05) is 24.3 Å². The Morgan fingerprint density at radius 2 is 2.11 bits per heavy atom. The molecule has 5 atom stereocenters. The molecule has 140 valence electrons. The van der Waals surface area contributed by atoms with Crippen LogP contribution in [0.15, 0.2) is 24.3 Å². The molecule has 1 N–H and O–H groups in total. The smallest absolute Gasteiger partial charge is 0.237 e. The van der Waals surface area contributed by atoms with Crippen molar-refractivity contribution in [1.29, 1.82) is 5.26 Å². The first-order valence-electron chi connectivity index (χ1n) is 9.31. The molecular formula is C19H20FN5OS. The first-order chi connectivity index (χ1) is 13.1. The second-order valence-electron chi connectivity index (χ2n) is 7.63. The zero-order valence-electron chi connectivity index (χ0n) is 14.7. The van der Waals surface area contributed by atoms with Crippen LogP contribution < -0.4 is 10.2 Å². The van der Waals surface area contributed by atoms with Crippen molar-refractivity contribution in [3.63, 3.8) is 0 Å². The van der Waals surface area contributed by atoms with Crippen LogP contribution in [0.25, 0.3) is 10.2 Å². The molecule has 1 amide bonds. The van der Waals surface area contributed by atoms with Crippen molar-refractivity contribution in [3.8, 4) is 6.07 Å². The summed E-state index contributed by atoms with van der Waals surface area (Å²) in [5.41, 5.74) is 1.04. The zero-order chi connectivity index (χ0) is 18.5. The number of benzene rings is 1. The van der Waals surface area contributed by atoms with Crippen molar-refractivity contribution < 1.29 is 9.18 Å². The Hall–Kier alpha value is -2.24. The molecule has 3 fully saturated rings. The highest BCUT2D eigenvalue weighted by Gasteiger charge is 2.56. The lowest BCUT2D eigenvalue weighted by atomic mass is 10.2. The number of thiazole rings is 1. The average molecular weight is 385 g/mol. The molecule has 27 heavy (non-hydrogen) atoms. The summed E-state index contributed by atoms with van der Waals surface area (Å²) < 4.78 is 14.7. The van der Waals surface area contributed by atoms with E-state index in [2.05, 4.69) is 16.3 Å². The summed E-state index contributed by atoms with van der Waals surface area (Å²) in [6.07, 6.45) is -0.949. The largest absolute Gasteiger partial charge is 0.347 e. The van der Waals surface area contributed by atoms with Crippen LogP contribution in [0.3, 0.4) is 0 Å². The average Bonchev–Trinajstić information content (AvgIpc) is 3.12. The lowest BCUT2D eigenvalue weighted by Gasteiger charge is -2.21. The van der Waals surface area contributed by atoms with Crippen LogP contribution in [0.2, 0.25) is 0 Å². The van der Waals surface area contributed by atoms with E-state index in [1.165, 1.54) is 9.60 Å². The highest BCUT2D eigenvalue weighted by Crippen LogP contribution is 2.47. The van der Waals surface area contributed by atoms with E-state index in [1.54, 1.807) is 11.3 Å². The van der Waals surface area contributed by atoms with Gasteiger partial charge in [0.2, 0.25) is 5.91 Å². The summed E-state index contributed by atoms with van der Waals surface area (Å²) in [6.45, 7) is 2.13. The van der Waals surface area contributed by atoms with Crippen LogP contribution in [-0.2, 0) is 4.79 Å². The van der Waals surface area contributed by atoms with Crippen LogP contribution in [0, 0.1) is 23.2 Å². The Labute approximate surface area is 160 Å². The molecule has 6 nitrogen and oxygen atoms in total. The third-order valence-electron chi connectivity index (χ3n) is 5.96. The van der Waals surface area contributed by atoms with Gasteiger partial charge in [-0.1, -0.05) is 23.5 Å². The Morgan fingerprint density at radius 1 is 1.33 bits per heavy atom. The fraction of sp³-hybridized carbons (Fsp3) is 0.526. The Bertz CT molecular complexity index is 881. The van der Waals surface area contributed by atoms with Crippen LogP contribution in [0.5, 0.6) is 0 Å². The van der Waals surface area contributed by atoms with Crippen LogP contribution in [-0.4, -0.2) is 60.2 Å². The minimum Gasteiger partial charge on any atom is -0.347 e. The highest BCUT2D eigenvalue weighted by molar-refractivity contribution is 7.22. The standard InChI is InChI=1S/C19H20FN5OS/c20-11-5-12(6-21)25(8-11)17(26)7-22-18-13-9-24(10-14(13)18)19-23-15-3-1-2-4-16(15)27-19/h1-4,11-14,18,22H,5,7-10H2/t11-,12-,13-,14+,18?/m0/s1. The van der Waals surface area contributed by atoms with Crippen LogP contribution >= 0.6 is 11.3 Å². The minimum absolute atomic E-state index is 0.0433. The molecule has 0 radical (unpaired) electrons. The van der Waals surface area contributed by atoms with E-state index in [-0.39, 0.29) is 25.4 Å². The molecule has 2 aliphatic heterocycles. The van der Waals surface area contributed by atoms with Crippen molar-refractivity contribution in [2.45, 2.75) is 24.7 Å². The van der Waals surface area contributed by atoms with Crippen molar-refractivity contribution in [1.82, 2.24) is 15.2 Å². The van der Waals surface area contributed by atoms with Gasteiger partial charge in [-0.25, -0.2) is 9.37 Å². The molecule has 0 spiro atoms. The van der Waals surface area contributed by atoms with E-state index < -0.39 is 12.2 Å². The van der Waals surface area contributed by atoms with Gasteiger partial charge in [0.15, 0.2) is 5.13 Å². The molecule has 1 saturated carbocycles. The van der Waals surface area contributed by atoms with E-state index in [9.17, 15) is 9.18 Å². The summed E-state index contributed by atoms with van der Waals surface area (Å²) in [6, 6.07) is 9.92. The summed E-state index contributed by atoms with van der Waals surface area (Å²) >= 11 is 1.72. The number of para-hydroxylation sites is 1. The quantitative estimate of drug-likeness (QED) is 0.869. The first kappa shape index (κ1) is 16.9. The third kappa shape index (κ3) is 2.95. The maximum atomic E-state index is 13.5. The molecule has 2 aromatic rings. The number of amides is 1. The van der Waals surface area contributed by atoms with Gasteiger partial charge in [-0.3, -0.25) is 4.79 Å². The number of carbonyl (C=O) groups is 1. The number of carbonyl (C=O) groups excluding carboxylic acids is 1. The van der Waals surface area contributed by atoms with Gasteiger partial charge in [-0.2, -0.15) is 5.26 Å². The molecule has 1 unspecified atom stereocenters. The SMILES string of the molecule is N#C[C@@H]1C[C@H](F)CN1C(=O)CNC1[C@H]2CN(c3nc4ccccc4s3)C[C@@H]12. The Kier molecular flexibility index (Phi) is 4.02. The Morgan fingerprint density at radius 3 is 2.85 bits per heavy atom. The molecule has 1 aromatic carbocycles. The van der Waals surface area contributed by atoms with E-state index >= 15 is 0 Å². The van der Waals surface area contributed by atoms with Gasteiger partial charge >= 0.3 is 0 Å². The summed E-state index contributed by atoms with van der Waals surface area (Å²) in [5, 5.41) is 13.5. The highest BCUT2D eigenvalue weighted by atomic mass is 32.1. The van der Waals surface area contributed by atoms with E-state index in [0.717, 1.165) is 23.7 Å². The maximum Gasteiger partial charge on any atom is 0.237 e. The van der Waals surface area contributed by atoms with Crippen molar-refractivity contribution in [3.05, 3.63) is 24.3 Å². The van der Waals surface area contributed by atoms with Gasteiger partial charge in [-0.15, -0.1) is 0 Å². The number of piperidine rings is 1. The Balaban J connectivity index is 1.14. The molecule has 5 rings (SSSR count). The normalized spacial score (nSPS) is 31.9. The molecule has 3 aliphatic rings. The molecular weight excluding hydrogens is 365 g/mol. The zero-order valence-corrected chi connectivity index (χ0v) is 15.5.